The Morgan fingerprint density at radius 3 is 2.68 bits per heavy atom. The third kappa shape index (κ3) is 2.30. The molecule has 2 heterocycles. The molecule has 6 heteroatoms. The van der Waals surface area contributed by atoms with Crippen molar-refractivity contribution in [2.24, 2.45) is 0 Å². The van der Waals surface area contributed by atoms with Gasteiger partial charge in [-0.25, -0.2) is 4.79 Å². The zero-order valence-corrected chi connectivity index (χ0v) is 14.5. The minimum Gasteiger partial charge on any atom is -0.467 e. The van der Waals surface area contributed by atoms with Gasteiger partial charge in [0.1, 0.15) is 6.04 Å². The Bertz CT molecular complexity index is 801. The van der Waals surface area contributed by atoms with Gasteiger partial charge in [-0.05, 0) is 34.0 Å². The third-order valence-corrected chi connectivity index (χ3v) is 5.86. The molecular formula is C16H14BrNO3S. The van der Waals surface area contributed by atoms with Crippen LogP contribution in [0.1, 0.15) is 11.6 Å². The minimum absolute atomic E-state index is 0.187. The molecule has 3 rings (SSSR count). The summed E-state index contributed by atoms with van der Waals surface area (Å²) in [4.78, 5) is 24.6. The lowest BCUT2D eigenvalue weighted by Crippen LogP contribution is -2.30. The summed E-state index contributed by atoms with van der Waals surface area (Å²) in [5, 5.41) is 0.826. The van der Waals surface area contributed by atoms with Gasteiger partial charge in [0.2, 0.25) is 0 Å². The molecule has 1 aromatic heterocycles. The van der Waals surface area contributed by atoms with E-state index in [-0.39, 0.29) is 11.5 Å². The van der Waals surface area contributed by atoms with Crippen molar-refractivity contribution in [1.29, 1.82) is 0 Å². The van der Waals surface area contributed by atoms with E-state index in [0.29, 0.717) is 10.2 Å². The van der Waals surface area contributed by atoms with Crippen molar-refractivity contribution in [2.45, 2.75) is 18.0 Å². The molecule has 4 nitrogen and oxygen atoms in total. The molecule has 0 bridgehead atoms. The number of thioether (sulfide) groups is 1. The van der Waals surface area contributed by atoms with Crippen LogP contribution in [0.5, 0.6) is 0 Å². The maximum atomic E-state index is 12.6. The summed E-state index contributed by atoms with van der Waals surface area (Å²) in [6, 6.07) is 9.31. The van der Waals surface area contributed by atoms with Crippen molar-refractivity contribution >= 4 is 33.7 Å². The number of carbonyl (C=O) groups excluding carboxylic acids is 1. The molecule has 0 N–H and O–H groups in total. The number of halogens is 1. The number of pyridine rings is 1. The average molecular weight is 380 g/mol. The maximum Gasteiger partial charge on any atom is 0.329 e. The van der Waals surface area contributed by atoms with Gasteiger partial charge in [0, 0.05) is 11.3 Å². The van der Waals surface area contributed by atoms with Crippen LogP contribution in [0.3, 0.4) is 0 Å². The van der Waals surface area contributed by atoms with Crippen molar-refractivity contribution in [3.05, 3.63) is 50.7 Å². The molecular weight excluding hydrogens is 366 g/mol. The van der Waals surface area contributed by atoms with Crippen LogP contribution in [-0.4, -0.2) is 23.4 Å². The molecule has 1 aliphatic rings. The Balaban J connectivity index is 2.31. The molecule has 0 spiro atoms. The molecule has 0 radical (unpaired) electrons. The first kappa shape index (κ1) is 15.4. The highest BCUT2D eigenvalue weighted by molar-refractivity contribution is 9.10. The van der Waals surface area contributed by atoms with Crippen molar-refractivity contribution < 1.29 is 9.53 Å². The topological polar surface area (TPSA) is 48.3 Å². The zero-order chi connectivity index (χ0) is 15.9. The first-order valence-corrected chi connectivity index (χ1v) is 8.54. The quantitative estimate of drug-likeness (QED) is 0.750. The van der Waals surface area contributed by atoms with Gasteiger partial charge in [0.05, 0.1) is 16.6 Å². The van der Waals surface area contributed by atoms with Gasteiger partial charge in [-0.3, -0.25) is 9.36 Å². The van der Waals surface area contributed by atoms with Crippen LogP contribution in [0.25, 0.3) is 11.1 Å². The van der Waals surface area contributed by atoms with Crippen LogP contribution in [0.4, 0.5) is 0 Å². The predicted molar refractivity (Wildman–Crippen MR) is 90.4 cm³/mol. The lowest BCUT2D eigenvalue weighted by atomic mass is 10.0. The number of methoxy groups -OCH3 is 1. The van der Waals surface area contributed by atoms with E-state index in [0.717, 1.165) is 21.7 Å². The summed E-state index contributed by atoms with van der Waals surface area (Å²) >= 11 is 4.90. The first-order chi connectivity index (χ1) is 10.6. The van der Waals surface area contributed by atoms with E-state index in [2.05, 4.69) is 15.9 Å². The molecule has 0 unspecified atom stereocenters. The molecule has 1 aliphatic heterocycles. The number of hydrogen-bond acceptors (Lipinski definition) is 4. The van der Waals surface area contributed by atoms with Gasteiger partial charge in [0.15, 0.2) is 0 Å². The standard InChI is InChI=1S/C16H14BrNO3S/c1-9-12(10-6-4-3-5-7-10)15-18(14(19)13(9)17)11(8-22-15)16(20)21-2/h3-7,11H,8H2,1-2H3/t11-/m0/s1. The van der Waals surface area contributed by atoms with Gasteiger partial charge in [0.25, 0.3) is 5.56 Å². The van der Waals surface area contributed by atoms with Crippen LogP contribution in [0.2, 0.25) is 0 Å². The number of ether oxygens (including phenoxy) is 1. The second-order valence-corrected chi connectivity index (χ2v) is 6.81. The summed E-state index contributed by atoms with van der Waals surface area (Å²) < 4.78 is 6.88. The van der Waals surface area contributed by atoms with E-state index >= 15 is 0 Å². The molecule has 0 amide bonds. The van der Waals surface area contributed by atoms with Crippen LogP contribution in [0.15, 0.2) is 44.6 Å². The number of carbonyl (C=O) groups is 1. The first-order valence-electron chi connectivity index (χ1n) is 6.77. The largest absolute Gasteiger partial charge is 0.467 e. The summed E-state index contributed by atoms with van der Waals surface area (Å²) in [5.41, 5.74) is 2.72. The van der Waals surface area contributed by atoms with Crippen LogP contribution in [0, 0.1) is 6.92 Å². The van der Waals surface area contributed by atoms with E-state index in [1.165, 1.54) is 18.9 Å². The summed E-state index contributed by atoms with van der Waals surface area (Å²) in [6.45, 7) is 1.92. The van der Waals surface area contributed by atoms with Crippen LogP contribution < -0.4 is 5.56 Å². The third-order valence-electron chi connectivity index (χ3n) is 3.77. The Labute approximate surface area is 140 Å². The molecule has 1 atom stereocenters. The zero-order valence-electron chi connectivity index (χ0n) is 12.1. The lowest BCUT2D eigenvalue weighted by molar-refractivity contribution is -0.143. The van der Waals surface area contributed by atoms with E-state index in [9.17, 15) is 9.59 Å². The second kappa shape index (κ2) is 5.93. The Morgan fingerprint density at radius 1 is 1.36 bits per heavy atom. The van der Waals surface area contributed by atoms with Crippen LogP contribution in [-0.2, 0) is 9.53 Å². The molecule has 0 aliphatic carbocycles. The molecule has 2 aromatic rings. The molecule has 0 saturated heterocycles. The van der Waals surface area contributed by atoms with E-state index in [1.54, 1.807) is 4.57 Å². The number of nitrogens with zero attached hydrogens (tertiary/aromatic N) is 1. The summed E-state index contributed by atoms with van der Waals surface area (Å²) in [5.74, 6) is 0.126. The van der Waals surface area contributed by atoms with Crippen molar-refractivity contribution in [1.82, 2.24) is 4.57 Å². The number of benzene rings is 1. The number of esters is 1. The molecule has 0 fully saturated rings. The Morgan fingerprint density at radius 2 is 2.05 bits per heavy atom. The summed E-state index contributed by atoms with van der Waals surface area (Å²) in [6.07, 6.45) is 0. The van der Waals surface area contributed by atoms with Gasteiger partial charge >= 0.3 is 5.97 Å². The second-order valence-electron chi connectivity index (χ2n) is 5.01. The van der Waals surface area contributed by atoms with Gasteiger partial charge in [-0.1, -0.05) is 30.3 Å². The number of fused-ring (bicyclic) bond motifs is 1. The van der Waals surface area contributed by atoms with E-state index < -0.39 is 6.04 Å². The molecule has 1 aromatic carbocycles. The monoisotopic (exact) mass is 379 g/mol. The fraction of sp³-hybridized carbons (Fsp3) is 0.250. The molecule has 0 saturated carbocycles. The lowest BCUT2D eigenvalue weighted by Gasteiger charge is -2.17. The minimum atomic E-state index is -0.572. The number of aromatic nitrogens is 1. The smallest absolute Gasteiger partial charge is 0.329 e. The van der Waals surface area contributed by atoms with Crippen molar-refractivity contribution in [3.63, 3.8) is 0 Å². The van der Waals surface area contributed by atoms with E-state index in [4.69, 9.17) is 4.74 Å². The Hall–Kier alpha value is -1.53. The van der Waals surface area contributed by atoms with Crippen molar-refractivity contribution in [3.8, 4) is 11.1 Å². The van der Waals surface area contributed by atoms with Crippen molar-refractivity contribution in [2.75, 3.05) is 12.9 Å². The normalized spacial score (nSPS) is 16.4. The highest BCUT2D eigenvalue weighted by Gasteiger charge is 2.34. The van der Waals surface area contributed by atoms with Crippen LogP contribution >= 0.6 is 27.7 Å². The average Bonchev–Trinajstić information content (AvgIpc) is 2.98. The highest BCUT2D eigenvalue weighted by atomic mass is 79.9. The Kier molecular flexibility index (Phi) is 4.14. The molecule has 114 valence electrons. The molecule has 22 heavy (non-hydrogen) atoms. The highest BCUT2D eigenvalue weighted by Crippen LogP contribution is 2.42. The van der Waals surface area contributed by atoms with E-state index in [1.807, 2.05) is 37.3 Å². The van der Waals surface area contributed by atoms with Gasteiger partial charge in [-0.15, -0.1) is 11.8 Å². The van der Waals surface area contributed by atoms with Gasteiger partial charge in [-0.2, -0.15) is 0 Å². The number of hydrogen-bond donors (Lipinski definition) is 0. The fourth-order valence-corrected chi connectivity index (χ4v) is 4.42. The van der Waals surface area contributed by atoms with Gasteiger partial charge < -0.3 is 4.74 Å². The summed E-state index contributed by atoms with van der Waals surface area (Å²) in [7, 11) is 1.34. The fourth-order valence-electron chi connectivity index (χ4n) is 2.66. The maximum absolute atomic E-state index is 12.6. The predicted octanol–water partition coefficient (Wildman–Crippen LogP) is 3.41. The SMILES string of the molecule is COC(=O)[C@@H]1CSc2c(-c3ccccc3)c(C)c(Br)c(=O)n21. The number of rotatable bonds is 2.